The molecule has 0 unspecified atom stereocenters. The highest BCUT2D eigenvalue weighted by atomic mass is 32.2. The Hall–Kier alpha value is -0.980. The Morgan fingerprint density at radius 2 is 1.79 bits per heavy atom. The lowest BCUT2D eigenvalue weighted by Gasteiger charge is -2.31. The van der Waals surface area contributed by atoms with Gasteiger partial charge in [0.1, 0.15) is 0 Å². The normalized spacial score (nSPS) is 12.3. The van der Waals surface area contributed by atoms with E-state index in [2.05, 4.69) is 4.72 Å². The zero-order valence-electron chi connectivity index (χ0n) is 11.2. The molecule has 1 aromatic rings. The van der Waals surface area contributed by atoms with E-state index < -0.39 is 15.6 Å². The molecular formula is C13H20N2O2S2. The van der Waals surface area contributed by atoms with Crippen LogP contribution in [-0.2, 0) is 15.8 Å². The third-order valence-electron chi connectivity index (χ3n) is 3.23. The number of sulfonamides is 1. The summed E-state index contributed by atoms with van der Waals surface area (Å²) in [5.74, 6) is -0.0712. The predicted octanol–water partition coefficient (Wildman–Crippen LogP) is 1.95. The zero-order valence-corrected chi connectivity index (χ0v) is 12.9. The summed E-state index contributed by atoms with van der Waals surface area (Å²) in [5, 5.41) is 0. The lowest BCUT2D eigenvalue weighted by Crippen LogP contribution is -2.56. The van der Waals surface area contributed by atoms with Crippen LogP contribution in [0.25, 0.3) is 0 Å². The van der Waals surface area contributed by atoms with Gasteiger partial charge in [-0.05, 0) is 18.4 Å². The van der Waals surface area contributed by atoms with E-state index in [0.717, 1.165) is 5.56 Å². The molecule has 0 amide bonds. The number of rotatable bonds is 7. The Kier molecular flexibility index (Phi) is 5.46. The van der Waals surface area contributed by atoms with Crippen LogP contribution >= 0.6 is 12.2 Å². The molecule has 0 aliphatic carbocycles. The van der Waals surface area contributed by atoms with Crippen LogP contribution in [0.15, 0.2) is 30.3 Å². The van der Waals surface area contributed by atoms with Crippen molar-refractivity contribution < 1.29 is 8.42 Å². The van der Waals surface area contributed by atoms with Crippen LogP contribution < -0.4 is 10.5 Å². The molecule has 4 nitrogen and oxygen atoms in total. The van der Waals surface area contributed by atoms with Gasteiger partial charge >= 0.3 is 0 Å². The SMILES string of the molecule is CCC(CC)(NS(=O)(=O)Cc1ccccc1)C(N)=S. The molecule has 1 aromatic carbocycles. The first kappa shape index (κ1) is 16.1. The van der Waals surface area contributed by atoms with Crippen molar-refractivity contribution in [3.05, 3.63) is 35.9 Å². The number of hydrogen-bond acceptors (Lipinski definition) is 3. The zero-order chi connectivity index (χ0) is 14.5. The molecule has 0 heterocycles. The van der Waals surface area contributed by atoms with Crippen LogP contribution in [0.2, 0.25) is 0 Å². The highest BCUT2D eigenvalue weighted by Gasteiger charge is 2.34. The highest BCUT2D eigenvalue weighted by molar-refractivity contribution is 7.88. The average molecular weight is 300 g/mol. The van der Waals surface area contributed by atoms with E-state index in [1.807, 2.05) is 32.0 Å². The molecular weight excluding hydrogens is 280 g/mol. The molecule has 0 spiro atoms. The van der Waals surface area contributed by atoms with Gasteiger partial charge in [0.05, 0.1) is 16.3 Å². The van der Waals surface area contributed by atoms with Gasteiger partial charge in [-0.25, -0.2) is 13.1 Å². The molecule has 6 heteroatoms. The minimum Gasteiger partial charge on any atom is -0.392 e. The van der Waals surface area contributed by atoms with Gasteiger partial charge in [0.15, 0.2) is 0 Å². The lowest BCUT2D eigenvalue weighted by molar-refractivity contribution is 0.465. The van der Waals surface area contributed by atoms with Crippen LogP contribution in [0.3, 0.4) is 0 Å². The van der Waals surface area contributed by atoms with Crippen LogP contribution in [-0.4, -0.2) is 18.9 Å². The number of nitrogens with two attached hydrogens (primary N) is 1. The smallest absolute Gasteiger partial charge is 0.216 e. The Labute approximate surface area is 120 Å². The van der Waals surface area contributed by atoms with Crippen molar-refractivity contribution >= 4 is 27.2 Å². The molecule has 0 aliphatic rings. The molecule has 1 rings (SSSR count). The predicted molar refractivity (Wildman–Crippen MR) is 82.3 cm³/mol. The van der Waals surface area contributed by atoms with Gasteiger partial charge in [0, 0.05) is 0 Å². The Morgan fingerprint density at radius 1 is 1.26 bits per heavy atom. The van der Waals surface area contributed by atoms with Gasteiger partial charge in [-0.15, -0.1) is 0 Å². The Balaban J connectivity index is 2.93. The van der Waals surface area contributed by atoms with E-state index in [0.29, 0.717) is 12.8 Å². The molecule has 0 fully saturated rings. The molecule has 3 N–H and O–H groups in total. The molecule has 0 radical (unpaired) electrons. The van der Waals surface area contributed by atoms with Crippen LogP contribution in [0.5, 0.6) is 0 Å². The summed E-state index contributed by atoms with van der Waals surface area (Å²) >= 11 is 5.01. The molecule has 0 saturated heterocycles. The number of nitrogens with one attached hydrogen (secondary N) is 1. The summed E-state index contributed by atoms with van der Waals surface area (Å²) in [6.45, 7) is 3.74. The summed E-state index contributed by atoms with van der Waals surface area (Å²) in [6, 6.07) is 9.02. The molecule has 0 aromatic heterocycles. The van der Waals surface area contributed by atoms with E-state index in [1.54, 1.807) is 12.1 Å². The molecule has 0 bridgehead atoms. The summed E-state index contributed by atoms with van der Waals surface area (Å²) in [5.41, 5.74) is 5.60. The van der Waals surface area contributed by atoms with Crippen molar-refractivity contribution in [1.82, 2.24) is 4.72 Å². The van der Waals surface area contributed by atoms with Crippen molar-refractivity contribution in [2.24, 2.45) is 5.73 Å². The standard InChI is InChI=1S/C13H20N2O2S2/c1-3-13(4-2,12(14)18)15-19(16,17)10-11-8-6-5-7-9-11/h5-9,15H,3-4,10H2,1-2H3,(H2,14,18). The van der Waals surface area contributed by atoms with Gasteiger partial charge in [0.2, 0.25) is 10.0 Å². The Morgan fingerprint density at radius 3 is 2.21 bits per heavy atom. The van der Waals surface area contributed by atoms with Gasteiger partial charge in [-0.1, -0.05) is 56.4 Å². The maximum absolute atomic E-state index is 12.2. The van der Waals surface area contributed by atoms with Crippen molar-refractivity contribution in [3.8, 4) is 0 Å². The fraction of sp³-hybridized carbons (Fsp3) is 0.462. The quantitative estimate of drug-likeness (QED) is 0.755. The maximum Gasteiger partial charge on any atom is 0.216 e. The van der Waals surface area contributed by atoms with E-state index in [-0.39, 0.29) is 10.7 Å². The summed E-state index contributed by atoms with van der Waals surface area (Å²) in [7, 11) is -3.48. The minimum absolute atomic E-state index is 0.0712. The molecule has 0 saturated carbocycles. The summed E-state index contributed by atoms with van der Waals surface area (Å²) in [6.07, 6.45) is 1.07. The second-order valence-electron chi connectivity index (χ2n) is 4.50. The first-order valence-corrected chi connectivity index (χ1v) is 8.27. The van der Waals surface area contributed by atoms with Crippen LogP contribution in [0, 0.1) is 0 Å². The summed E-state index contributed by atoms with van der Waals surface area (Å²) < 4.78 is 27.1. The molecule has 0 aliphatic heterocycles. The van der Waals surface area contributed by atoms with Crippen molar-refractivity contribution in [1.29, 1.82) is 0 Å². The second-order valence-corrected chi connectivity index (χ2v) is 6.66. The van der Waals surface area contributed by atoms with E-state index in [4.69, 9.17) is 18.0 Å². The van der Waals surface area contributed by atoms with E-state index >= 15 is 0 Å². The number of hydrogen-bond donors (Lipinski definition) is 2. The number of benzene rings is 1. The van der Waals surface area contributed by atoms with Gasteiger partial charge in [-0.3, -0.25) is 0 Å². The van der Waals surface area contributed by atoms with Crippen LogP contribution in [0.1, 0.15) is 32.3 Å². The maximum atomic E-state index is 12.2. The van der Waals surface area contributed by atoms with Gasteiger partial charge in [0.25, 0.3) is 0 Å². The second kappa shape index (κ2) is 6.45. The van der Waals surface area contributed by atoms with Crippen LogP contribution in [0.4, 0.5) is 0 Å². The van der Waals surface area contributed by atoms with Crippen molar-refractivity contribution in [3.63, 3.8) is 0 Å². The number of thiocarbonyl (C=S) groups is 1. The van der Waals surface area contributed by atoms with E-state index in [9.17, 15) is 8.42 Å². The first-order chi connectivity index (χ1) is 8.85. The fourth-order valence-corrected chi connectivity index (χ4v) is 4.02. The Bertz CT molecular complexity index is 523. The first-order valence-electron chi connectivity index (χ1n) is 6.20. The molecule has 106 valence electrons. The summed E-state index contributed by atoms with van der Waals surface area (Å²) in [4.78, 5) is 0.189. The topological polar surface area (TPSA) is 72.2 Å². The van der Waals surface area contributed by atoms with Crippen molar-refractivity contribution in [2.75, 3.05) is 0 Å². The fourth-order valence-electron chi connectivity index (χ4n) is 1.92. The highest BCUT2D eigenvalue weighted by Crippen LogP contribution is 2.18. The third kappa shape index (κ3) is 4.26. The minimum atomic E-state index is -3.48. The third-order valence-corrected chi connectivity index (χ3v) is 5.04. The lowest BCUT2D eigenvalue weighted by atomic mass is 9.94. The monoisotopic (exact) mass is 300 g/mol. The van der Waals surface area contributed by atoms with E-state index in [1.165, 1.54) is 0 Å². The largest absolute Gasteiger partial charge is 0.392 e. The van der Waals surface area contributed by atoms with Gasteiger partial charge in [-0.2, -0.15) is 0 Å². The van der Waals surface area contributed by atoms with Crippen molar-refractivity contribution in [2.45, 2.75) is 38.0 Å². The molecule has 0 atom stereocenters. The average Bonchev–Trinajstić information content (AvgIpc) is 2.36. The molecule has 19 heavy (non-hydrogen) atoms. The van der Waals surface area contributed by atoms with Gasteiger partial charge < -0.3 is 5.73 Å².